The van der Waals surface area contributed by atoms with Gasteiger partial charge in [-0.25, -0.2) is 8.42 Å². The monoisotopic (exact) mass is 331 g/mol. The number of sulfone groups is 1. The van der Waals surface area contributed by atoms with Crippen LogP contribution in [0.2, 0.25) is 0 Å². The molecule has 0 heterocycles. The van der Waals surface area contributed by atoms with Crippen molar-refractivity contribution in [1.29, 1.82) is 0 Å². The van der Waals surface area contributed by atoms with Gasteiger partial charge >= 0.3 is 0 Å². The zero-order valence-corrected chi connectivity index (χ0v) is 12.9. The maximum absolute atomic E-state index is 11.0. The minimum absolute atomic E-state index is 0.262. The summed E-state index contributed by atoms with van der Waals surface area (Å²) in [4.78, 5) is 0. The molecule has 0 amide bonds. The van der Waals surface area contributed by atoms with Gasteiger partial charge in [0, 0.05) is 16.8 Å². The van der Waals surface area contributed by atoms with Gasteiger partial charge in [0.05, 0.1) is 5.75 Å². The lowest BCUT2D eigenvalue weighted by molar-refractivity contribution is 0.526. The molecule has 1 aliphatic carbocycles. The Morgan fingerprint density at radius 3 is 2.94 bits per heavy atom. The summed E-state index contributed by atoms with van der Waals surface area (Å²) in [5.74, 6) is 0.262. The van der Waals surface area contributed by atoms with Gasteiger partial charge in [0.1, 0.15) is 9.84 Å². The molecule has 0 aromatic heterocycles. The van der Waals surface area contributed by atoms with E-state index in [4.69, 9.17) is 0 Å². The molecular formula is C13H18BrNO2S. The van der Waals surface area contributed by atoms with Crippen LogP contribution < -0.4 is 5.32 Å². The highest BCUT2D eigenvalue weighted by Gasteiger charge is 2.23. The molecular weight excluding hydrogens is 314 g/mol. The molecule has 100 valence electrons. The smallest absolute Gasteiger partial charge is 0.147 e. The van der Waals surface area contributed by atoms with Crippen molar-refractivity contribution in [2.45, 2.75) is 25.3 Å². The summed E-state index contributed by atoms with van der Waals surface area (Å²) in [6.07, 6.45) is 4.14. The maximum Gasteiger partial charge on any atom is 0.147 e. The number of hydrogen-bond donors (Lipinski definition) is 1. The lowest BCUT2D eigenvalue weighted by atomic mass is 10.1. The second-order valence-corrected chi connectivity index (χ2v) is 7.95. The van der Waals surface area contributed by atoms with Crippen LogP contribution in [0.4, 0.5) is 0 Å². The third-order valence-corrected chi connectivity index (χ3v) is 5.07. The Bertz CT molecular complexity index is 528. The predicted molar refractivity (Wildman–Crippen MR) is 77.5 cm³/mol. The highest BCUT2D eigenvalue weighted by molar-refractivity contribution is 9.10. The fourth-order valence-electron chi connectivity index (χ4n) is 2.43. The van der Waals surface area contributed by atoms with Gasteiger partial charge in [-0.1, -0.05) is 28.1 Å². The summed E-state index contributed by atoms with van der Waals surface area (Å²) in [6.45, 7) is 0.754. The van der Waals surface area contributed by atoms with Crippen molar-refractivity contribution in [3.63, 3.8) is 0 Å². The molecule has 0 spiro atoms. The molecule has 1 N–H and O–H groups in total. The second kappa shape index (κ2) is 5.72. The van der Waals surface area contributed by atoms with Crippen LogP contribution in [0, 0.1) is 0 Å². The zero-order valence-electron chi connectivity index (χ0n) is 10.4. The van der Waals surface area contributed by atoms with Gasteiger partial charge in [0.15, 0.2) is 0 Å². The average Bonchev–Trinajstić information content (AvgIpc) is 2.68. The fraction of sp³-hybridized carbons (Fsp3) is 0.538. The standard InChI is InChI=1S/C13H18BrNO2S/c1-18(16,17)9-3-8-15-13-7-6-10-11(13)4-2-5-12(10)14/h2,4-5,13,15H,3,6-9H2,1H3. The third kappa shape index (κ3) is 3.56. The molecule has 2 rings (SSSR count). The highest BCUT2D eigenvalue weighted by atomic mass is 79.9. The van der Waals surface area contributed by atoms with Crippen molar-refractivity contribution in [2.24, 2.45) is 0 Å². The molecule has 0 fully saturated rings. The van der Waals surface area contributed by atoms with Crippen LogP contribution in [-0.2, 0) is 16.3 Å². The number of fused-ring (bicyclic) bond motifs is 1. The summed E-state index contributed by atoms with van der Waals surface area (Å²) in [6, 6.07) is 6.66. The van der Waals surface area contributed by atoms with E-state index in [-0.39, 0.29) is 5.75 Å². The van der Waals surface area contributed by atoms with Crippen LogP contribution in [0.3, 0.4) is 0 Å². The normalized spacial score (nSPS) is 18.9. The summed E-state index contributed by atoms with van der Waals surface area (Å²) in [5.41, 5.74) is 2.74. The maximum atomic E-state index is 11.0. The molecule has 0 saturated heterocycles. The largest absolute Gasteiger partial charge is 0.310 e. The SMILES string of the molecule is CS(=O)(=O)CCCNC1CCc2c(Br)cccc21. The van der Waals surface area contributed by atoms with E-state index in [1.54, 1.807) is 0 Å². The van der Waals surface area contributed by atoms with Crippen molar-refractivity contribution < 1.29 is 8.42 Å². The quantitative estimate of drug-likeness (QED) is 0.843. The van der Waals surface area contributed by atoms with Crippen LogP contribution in [0.15, 0.2) is 22.7 Å². The van der Waals surface area contributed by atoms with Crippen molar-refractivity contribution in [1.82, 2.24) is 5.32 Å². The van der Waals surface area contributed by atoms with Gasteiger partial charge in [0.2, 0.25) is 0 Å². The Labute approximate surface area is 117 Å². The molecule has 1 aliphatic rings. The molecule has 18 heavy (non-hydrogen) atoms. The van der Waals surface area contributed by atoms with Gasteiger partial charge < -0.3 is 5.32 Å². The number of rotatable bonds is 5. The lowest BCUT2D eigenvalue weighted by Crippen LogP contribution is -2.22. The van der Waals surface area contributed by atoms with Gasteiger partial charge in [0.25, 0.3) is 0 Å². The van der Waals surface area contributed by atoms with E-state index in [9.17, 15) is 8.42 Å². The van der Waals surface area contributed by atoms with Crippen LogP contribution in [-0.4, -0.2) is 27.0 Å². The minimum Gasteiger partial charge on any atom is -0.310 e. The Kier molecular flexibility index (Phi) is 4.45. The first-order chi connectivity index (χ1) is 8.47. The van der Waals surface area contributed by atoms with Crippen molar-refractivity contribution in [3.8, 4) is 0 Å². The van der Waals surface area contributed by atoms with Gasteiger partial charge in [-0.2, -0.15) is 0 Å². The highest BCUT2D eigenvalue weighted by Crippen LogP contribution is 2.35. The van der Waals surface area contributed by atoms with Crippen molar-refractivity contribution in [3.05, 3.63) is 33.8 Å². The first-order valence-corrected chi connectivity index (χ1v) is 9.01. The lowest BCUT2D eigenvalue weighted by Gasteiger charge is -2.14. The molecule has 1 aromatic rings. The molecule has 3 nitrogen and oxygen atoms in total. The Hall–Kier alpha value is -0.390. The molecule has 0 saturated carbocycles. The Balaban J connectivity index is 1.89. The van der Waals surface area contributed by atoms with E-state index >= 15 is 0 Å². The van der Waals surface area contributed by atoms with E-state index in [1.165, 1.54) is 21.9 Å². The van der Waals surface area contributed by atoms with Crippen LogP contribution >= 0.6 is 15.9 Å². The fourth-order valence-corrected chi connectivity index (χ4v) is 3.68. The topological polar surface area (TPSA) is 46.2 Å². The number of halogens is 1. The summed E-state index contributed by atoms with van der Waals surface area (Å²) in [7, 11) is -2.83. The second-order valence-electron chi connectivity index (χ2n) is 4.84. The molecule has 5 heteroatoms. The minimum atomic E-state index is -2.83. The van der Waals surface area contributed by atoms with E-state index in [1.807, 2.05) is 0 Å². The van der Waals surface area contributed by atoms with Crippen molar-refractivity contribution in [2.75, 3.05) is 18.6 Å². The van der Waals surface area contributed by atoms with Gasteiger partial charge in [-0.05, 0) is 43.0 Å². The van der Waals surface area contributed by atoms with Gasteiger partial charge in [-0.15, -0.1) is 0 Å². The van der Waals surface area contributed by atoms with E-state index < -0.39 is 9.84 Å². The average molecular weight is 332 g/mol. The first kappa shape index (κ1) is 14.0. The van der Waals surface area contributed by atoms with Crippen LogP contribution in [0.25, 0.3) is 0 Å². The predicted octanol–water partition coefficient (Wildman–Crippen LogP) is 2.46. The van der Waals surface area contributed by atoms with E-state index in [0.717, 1.165) is 19.4 Å². The molecule has 0 aliphatic heterocycles. The van der Waals surface area contributed by atoms with E-state index in [2.05, 4.69) is 39.4 Å². The Morgan fingerprint density at radius 1 is 1.44 bits per heavy atom. The van der Waals surface area contributed by atoms with Crippen molar-refractivity contribution >= 4 is 25.8 Å². The summed E-state index contributed by atoms with van der Waals surface area (Å²) < 4.78 is 23.3. The molecule has 0 radical (unpaired) electrons. The number of nitrogens with one attached hydrogen (secondary N) is 1. The van der Waals surface area contributed by atoms with Gasteiger partial charge in [-0.3, -0.25) is 0 Å². The summed E-state index contributed by atoms with van der Waals surface area (Å²) in [5, 5.41) is 3.45. The number of hydrogen-bond acceptors (Lipinski definition) is 3. The molecule has 1 aromatic carbocycles. The van der Waals surface area contributed by atoms with E-state index in [0.29, 0.717) is 12.5 Å². The molecule has 1 unspecified atom stereocenters. The molecule has 0 bridgehead atoms. The van der Waals surface area contributed by atoms with Crippen LogP contribution in [0.1, 0.15) is 30.0 Å². The summed E-state index contributed by atoms with van der Waals surface area (Å²) >= 11 is 3.58. The molecule has 1 atom stereocenters. The van der Waals surface area contributed by atoms with Crippen LogP contribution in [0.5, 0.6) is 0 Å². The first-order valence-electron chi connectivity index (χ1n) is 6.16. The third-order valence-electron chi connectivity index (χ3n) is 3.30. The number of benzene rings is 1. The zero-order chi connectivity index (χ0) is 13.2. The Morgan fingerprint density at radius 2 is 2.22 bits per heavy atom.